The van der Waals surface area contributed by atoms with Gasteiger partial charge in [-0.25, -0.2) is 0 Å². The number of rotatable bonds is 8. The molecule has 2 nitrogen and oxygen atoms in total. The molecule has 14 heavy (non-hydrogen) atoms. The third-order valence-corrected chi connectivity index (χ3v) is 2.93. The zero-order chi connectivity index (χ0) is 10.4. The van der Waals surface area contributed by atoms with Gasteiger partial charge in [0.1, 0.15) is 0 Å². The number of aliphatic hydroxyl groups excluding tert-OH is 1. The van der Waals surface area contributed by atoms with Crippen LogP contribution in [0.25, 0.3) is 0 Å². The molecule has 0 bridgehead atoms. The number of allylic oxidation sites excluding steroid dienone is 1. The van der Waals surface area contributed by atoms with Crippen molar-refractivity contribution in [3.05, 3.63) is 12.7 Å². The highest BCUT2D eigenvalue weighted by Gasteiger charge is 2.30. The molecule has 0 saturated heterocycles. The fourth-order valence-electron chi connectivity index (χ4n) is 1.89. The molecule has 1 aliphatic rings. The fraction of sp³-hybridized carbons (Fsp3) is 0.833. The SMILES string of the molecule is C=CCCC(NC(C)CCO)C1CC1. The topological polar surface area (TPSA) is 32.3 Å². The van der Waals surface area contributed by atoms with Crippen LogP contribution in [-0.4, -0.2) is 23.8 Å². The predicted octanol–water partition coefficient (Wildman–Crippen LogP) is 2.09. The maximum absolute atomic E-state index is 8.82. The van der Waals surface area contributed by atoms with Crippen molar-refractivity contribution in [2.24, 2.45) is 5.92 Å². The molecule has 82 valence electrons. The predicted molar refractivity (Wildman–Crippen MR) is 60.2 cm³/mol. The molecule has 1 rings (SSSR count). The molecule has 1 aliphatic carbocycles. The Balaban J connectivity index is 2.23. The Kier molecular flexibility index (Phi) is 5.20. The second kappa shape index (κ2) is 6.20. The van der Waals surface area contributed by atoms with E-state index in [1.165, 1.54) is 19.3 Å². The van der Waals surface area contributed by atoms with Gasteiger partial charge in [-0.3, -0.25) is 0 Å². The largest absolute Gasteiger partial charge is 0.396 e. The maximum atomic E-state index is 8.82. The third kappa shape index (κ3) is 4.25. The van der Waals surface area contributed by atoms with Crippen LogP contribution in [-0.2, 0) is 0 Å². The van der Waals surface area contributed by atoms with E-state index in [9.17, 15) is 0 Å². The van der Waals surface area contributed by atoms with E-state index in [-0.39, 0.29) is 6.61 Å². The van der Waals surface area contributed by atoms with E-state index in [1.54, 1.807) is 0 Å². The summed E-state index contributed by atoms with van der Waals surface area (Å²) >= 11 is 0. The summed E-state index contributed by atoms with van der Waals surface area (Å²) in [6.45, 7) is 6.20. The van der Waals surface area contributed by atoms with E-state index in [2.05, 4.69) is 18.8 Å². The molecule has 2 atom stereocenters. The first-order chi connectivity index (χ1) is 6.77. The Labute approximate surface area is 87.4 Å². The van der Waals surface area contributed by atoms with Gasteiger partial charge in [-0.15, -0.1) is 6.58 Å². The van der Waals surface area contributed by atoms with Gasteiger partial charge in [-0.1, -0.05) is 6.08 Å². The Morgan fingerprint density at radius 1 is 1.50 bits per heavy atom. The van der Waals surface area contributed by atoms with Gasteiger partial charge in [-0.05, 0) is 44.9 Å². The average molecular weight is 197 g/mol. The van der Waals surface area contributed by atoms with Crippen LogP contribution in [0.3, 0.4) is 0 Å². The van der Waals surface area contributed by atoms with Crippen LogP contribution in [0.5, 0.6) is 0 Å². The fourth-order valence-corrected chi connectivity index (χ4v) is 1.89. The van der Waals surface area contributed by atoms with Gasteiger partial charge < -0.3 is 10.4 Å². The Hall–Kier alpha value is -0.340. The molecule has 2 N–H and O–H groups in total. The Morgan fingerprint density at radius 3 is 2.71 bits per heavy atom. The number of hydrogen-bond donors (Lipinski definition) is 2. The molecule has 1 saturated carbocycles. The molecule has 0 spiro atoms. The second-order valence-corrected chi connectivity index (χ2v) is 4.39. The summed E-state index contributed by atoms with van der Waals surface area (Å²) in [5.74, 6) is 0.885. The molecular weight excluding hydrogens is 174 g/mol. The van der Waals surface area contributed by atoms with Crippen molar-refractivity contribution in [2.75, 3.05) is 6.61 Å². The molecule has 2 unspecified atom stereocenters. The molecule has 0 aromatic rings. The van der Waals surface area contributed by atoms with Gasteiger partial charge in [0.2, 0.25) is 0 Å². The smallest absolute Gasteiger partial charge is 0.0445 e. The molecule has 1 fully saturated rings. The molecule has 0 heterocycles. The normalized spacial score (nSPS) is 20.4. The minimum atomic E-state index is 0.285. The molecular formula is C12H23NO. The highest BCUT2D eigenvalue weighted by Crippen LogP contribution is 2.34. The van der Waals surface area contributed by atoms with Crippen LogP contribution in [0.2, 0.25) is 0 Å². The van der Waals surface area contributed by atoms with Crippen LogP contribution in [0, 0.1) is 5.92 Å². The first-order valence-corrected chi connectivity index (χ1v) is 5.75. The first-order valence-electron chi connectivity index (χ1n) is 5.75. The van der Waals surface area contributed by atoms with E-state index < -0.39 is 0 Å². The van der Waals surface area contributed by atoms with Crippen molar-refractivity contribution in [1.29, 1.82) is 0 Å². The van der Waals surface area contributed by atoms with Crippen LogP contribution < -0.4 is 5.32 Å². The van der Waals surface area contributed by atoms with Gasteiger partial charge in [0, 0.05) is 18.7 Å². The standard InChI is InChI=1S/C12H23NO/c1-3-4-5-12(11-6-7-11)13-10(2)8-9-14/h3,10-14H,1,4-9H2,2H3. The molecule has 0 aromatic heterocycles. The maximum Gasteiger partial charge on any atom is 0.0445 e. The van der Waals surface area contributed by atoms with E-state index in [0.29, 0.717) is 12.1 Å². The van der Waals surface area contributed by atoms with Gasteiger partial charge in [0.05, 0.1) is 0 Å². The van der Waals surface area contributed by atoms with Crippen molar-refractivity contribution in [2.45, 2.75) is 51.1 Å². The molecule has 0 aliphatic heterocycles. The minimum absolute atomic E-state index is 0.285. The van der Waals surface area contributed by atoms with E-state index >= 15 is 0 Å². The molecule has 0 amide bonds. The van der Waals surface area contributed by atoms with E-state index in [1.807, 2.05) is 6.08 Å². The summed E-state index contributed by atoms with van der Waals surface area (Å²) < 4.78 is 0. The molecule has 0 aromatic carbocycles. The van der Waals surface area contributed by atoms with Gasteiger partial charge in [0.25, 0.3) is 0 Å². The molecule has 0 radical (unpaired) electrons. The van der Waals surface area contributed by atoms with Crippen molar-refractivity contribution in [1.82, 2.24) is 5.32 Å². The summed E-state index contributed by atoms with van der Waals surface area (Å²) in [6.07, 6.45) is 7.90. The lowest BCUT2D eigenvalue weighted by atomic mass is 10.0. The second-order valence-electron chi connectivity index (χ2n) is 4.39. The van der Waals surface area contributed by atoms with Crippen molar-refractivity contribution < 1.29 is 5.11 Å². The van der Waals surface area contributed by atoms with Crippen LogP contribution in [0.15, 0.2) is 12.7 Å². The first kappa shape index (κ1) is 11.7. The quantitative estimate of drug-likeness (QED) is 0.584. The number of nitrogens with one attached hydrogen (secondary N) is 1. The Bertz CT molecular complexity index is 166. The van der Waals surface area contributed by atoms with Gasteiger partial charge in [0.15, 0.2) is 0 Å². The zero-order valence-electron chi connectivity index (χ0n) is 9.21. The van der Waals surface area contributed by atoms with Crippen molar-refractivity contribution >= 4 is 0 Å². The zero-order valence-corrected chi connectivity index (χ0v) is 9.21. The van der Waals surface area contributed by atoms with Crippen LogP contribution >= 0.6 is 0 Å². The summed E-state index contributed by atoms with van der Waals surface area (Å²) in [5.41, 5.74) is 0. The van der Waals surface area contributed by atoms with Gasteiger partial charge in [-0.2, -0.15) is 0 Å². The summed E-state index contributed by atoms with van der Waals surface area (Å²) in [6, 6.07) is 1.09. The average Bonchev–Trinajstić information content (AvgIpc) is 2.95. The summed E-state index contributed by atoms with van der Waals surface area (Å²) in [5, 5.41) is 12.4. The van der Waals surface area contributed by atoms with E-state index in [0.717, 1.165) is 18.8 Å². The number of hydrogen-bond acceptors (Lipinski definition) is 2. The third-order valence-electron chi connectivity index (χ3n) is 2.93. The van der Waals surface area contributed by atoms with E-state index in [4.69, 9.17) is 5.11 Å². The van der Waals surface area contributed by atoms with Crippen LogP contribution in [0.1, 0.15) is 39.0 Å². The molecule has 2 heteroatoms. The highest BCUT2D eigenvalue weighted by atomic mass is 16.3. The lowest BCUT2D eigenvalue weighted by Gasteiger charge is -2.22. The van der Waals surface area contributed by atoms with Crippen LogP contribution in [0.4, 0.5) is 0 Å². The lowest BCUT2D eigenvalue weighted by Crippen LogP contribution is -2.38. The summed E-state index contributed by atoms with van der Waals surface area (Å²) in [7, 11) is 0. The summed E-state index contributed by atoms with van der Waals surface area (Å²) in [4.78, 5) is 0. The lowest BCUT2D eigenvalue weighted by molar-refractivity contribution is 0.258. The van der Waals surface area contributed by atoms with Crippen molar-refractivity contribution in [3.8, 4) is 0 Å². The Morgan fingerprint density at radius 2 is 2.21 bits per heavy atom. The highest BCUT2D eigenvalue weighted by molar-refractivity contribution is 4.89. The van der Waals surface area contributed by atoms with Gasteiger partial charge >= 0.3 is 0 Å². The minimum Gasteiger partial charge on any atom is -0.396 e. The monoisotopic (exact) mass is 197 g/mol. The number of aliphatic hydroxyl groups is 1. The van der Waals surface area contributed by atoms with Crippen molar-refractivity contribution in [3.63, 3.8) is 0 Å².